The van der Waals surface area contributed by atoms with Gasteiger partial charge in [0.1, 0.15) is 5.57 Å². The Labute approximate surface area is 187 Å². The first-order valence-electron chi connectivity index (χ1n) is 10.4. The molecule has 0 aliphatic carbocycles. The third-order valence-electron chi connectivity index (χ3n) is 5.88. The largest absolute Gasteiger partial charge is 0.335 e. The fourth-order valence-corrected chi connectivity index (χ4v) is 4.01. The van der Waals surface area contributed by atoms with Crippen molar-refractivity contribution in [2.45, 2.75) is 34.6 Å². The van der Waals surface area contributed by atoms with Gasteiger partial charge >= 0.3 is 6.03 Å². The number of urea groups is 1. The molecule has 0 unspecified atom stereocenters. The molecule has 2 heterocycles. The van der Waals surface area contributed by atoms with E-state index in [1.807, 2.05) is 32.9 Å². The first-order valence-corrected chi connectivity index (χ1v) is 10.4. The summed E-state index contributed by atoms with van der Waals surface area (Å²) in [6, 6.07) is 14.5. The van der Waals surface area contributed by atoms with Gasteiger partial charge in [-0.25, -0.2) is 9.69 Å². The zero-order valence-corrected chi connectivity index (χ0v) is 18.8. The monoisotopic (exact) mass is 427 g/mol. The summed E-state index contributed by atoms with van der Waals surface area (Å²) in [4.78, 5) is 39.2. The number of barbiturate groups is 1. The van der Waals surface area contributed by atoms with Crippen LogP contribution in [0.3, 0.4) is 0 Å². The minimum Gasteiger partial charge on any atom is -0.318 e. The summed E-state index contributed by atoms with van der Waals surface area (Å²) in [6.07, 6.45) is 1.56. The minimum absolute atomic E-state index is 0.0774. The molecule has 0 spiro atoms. The molecule has 0 atom stereocenters. The number of hydrogen-bond donors (Lipinski definition) is 1. The number of hydrogen-bond acceptors (Lipinski definition) is 3. The van der Waals surface area contributed by atoms with Crippen molar-refractivity contribution < 1.29 is 14.4 Å². The van der Waals surface area contributed by atoms with Gasteiger partial charge in [-0.3, -0.25) is 14.9 Å². The SMILES string of the molecule is Cc1cccc(N2C(=O)NC(=O)/C(=C\c3cc(C)n(-c4ccc(C)c(C)c4)c3C)C2=O)c1. The Bertz CT molecular complexity index is 1310. The van der Waals surface area contributed by atoms with Gasteiger partial charge in [-0.2, -0.15) is 0 Å². The molecule has 1 aliphatic rings. The highest BCUT2D eigenvalue weighted by molar-refractivity contribution is 6.39. The quantitative estimate of drug-likeness (QED) is 0.487. The predicted octanol–water partition coefficient (Wildman–Crippen LogP) is 4.69. The molecule has 1 aromatic heterocycles. The summed E-state index contributed by atoms with van der Waals surface area (Å²) >= 11 is 0. The van der Waals surface area contributed by atoms with Crippen molar-refractivity contribution in [3.63, 3.8) is 0 Å². The van der Waals surface area contributed by atoms with Crippen molar-refractivity contribution in [1.82, 2.24) is 9.88 Å². The Hall–Kier alpha value is -3.93. The fourth-order valence-electron chi connectivity index (χ4n) is 4.01. The zero-order chi connectivity index (χ0) is 23.2. The molecule has 1 saturated heterocycles. The summed E-state index contributed by atoms with van der Waals surface area (Å²) in [5.74, 6) is -1.33. The first-order chi connectivity index (χ1) is 15.2. The van der Waals surface area contributed by atoms with Crippen LogP contribution >= 0.6 is 0 Å². The molecule has 4 amide bonds. The molecule has 6 heteroatoms. The first kappa shape index (κ1) is 21.3. The van der Waals surface area contributed by atoms with Crippen LogP contribution in [0.2, 0.25) is 0 Å². The van der Waals surface area contributed by atoms with Crippen LogP contribution < -0.4 is 10.2 Å². The van der Waals surface area contributed by atoms with Gasteiger partial charge in [0, 0.05) is 17.1 Å². The Morgan fingerprint density at radius 3 is 2.25 bits per heavy atom. The lowest BCUT2D eigenvalue weighted by atomic mass is 10.1. The van der Waals surface area contributed by atoms with Gasteiger partial charge in [0.2, 0.25) is 0 Å². The normalized spacial score (nSPS) is 15.5. The van der Waals surface area contributed by atoms with Crippen LogP contribution in [-0.2, 0) is 9.59 Å². The van der Waals surface area contributed by atoms with E-state index in [-0.39, 0.29) is 5.57 Å². The van der Waals surface area contributed by atoms with Gasteiger partial charge < -0.3 is 4.57 Å². The number of amides is 4. The van der Waals surface area contributed by atoms with Crippen LogP contribution in [0, 0.1) is 34.6 Å². The second-order valence-electron chi connectivity index (χ2n) is 8.23. The van der Waals surface area contributed by atoms with Gasteiger partial charge in [0.15, 0.2) is 0 Å². The smallest absolute Gasteiger partial charge is 0.318 e. The number of imide groups is 2. The molecular weight excluding hydrogens is 402 g/mol. The molecule has 0 bridgehead atoms. The van der Waals surface area contributed by atoms with Crippen molar-refractivity contribution in [3.8, 4) is 5.69 Å². The fraction of sp³-hybridized carbons (Fsp3) is 0.192. The maximum absolute atomic E-state index is 13.2. The Morgan fingerprint density at radius 2 is 1.56 bits per heavy atom. The number of carbonyl (C=O) groups is 3. The van der Waals surface area contributed by atoms with E-state index in [1.54, 1.807) is 24.3 Å². The van der Waals surface area contributed by atoms with Crippen LogP contribution in [0.25, 0.3) is 11.8 Å². The summed E-state index contributed by atoms with van der Waals surface area (Å²) < 4.78 is 2.09. The van der Waals surface area contributed by atoms with Gasteiger partial charge in [0.25, 0.3) is 11.8 Å². The molecule has 0 saturated carbocycles. The van der Waals surface area contributed by atoms with E-state index in [9.17, 15) is 14.4 Å². The van der Waals surface area contributed by atoms with Crippen molar-refractivity contribution in [1.29, 1.82) is 0 Å². The number of aryl methyl sites for hydroxylation is 4. The molecule has 4 rings (SSSR count). The molecule has 1 N–H and O–H groups in total. The van der Waals surface area contributed by atoms with E-state index in [4.69, 9.17) is 0 Å². The molecular formula is C26H25N3O3. The number of benzene rings is 2. The number of nitrogens with one attached hydrogen (secondary N) is 1. The average molecular weight is 428 g/mol. The lowest BCUT2D eigenvalue weighted by molar-refractivity contribution is -0.122. The Balaban J connectivity index is 1.77. The van der Waals surface area contributed by atoms with E-state index >= 15 is 0 Å². The third-order valence-corrected chi connectivity index (χ3v) is 5.88. The number of carbonyl (C=O) groups excluding carboxylic acids is 3. The predicted molar refractivity (Wildman–Crippen MR) is 125 cm³/mol. The van der Waals surface area contributed by atoms with E-state index in [2.05, 4.69) is 41.9 Å². The van der Waals surface area contributed by atoms with Crippen LogP contribution in [-0.4, -0.2) is 22.4 Å². The summed E-state index contributed by atoms with van der Waals surface area (Å²) in [6.45, 7) is 9.94. The van der Waals surface area contributed by atoms with E-state index in [0.29, 0.717) is 5.69 Å². The summed E-state index contributed by atoms with van der Waals surface area (Å²) in [5.41, 5.74) is 7.29. The van der Waals surface area contributed by atoms with E-state index in [0.717, 1.165) is 33.1 Å². The second kappa shape index (κ2) is 7.96. The Kier molecular flexibility index (Phi) is 5.30. The van der Waals surface area contributed by atoms with Crippen molar-refractivity contribution in [2.75, 3.05) is 4.90 Å². The third kappa shape index (κ3) is 3.64. The van der Waals surface area contributed by atoms with E-state index < -0.39 is 17.8 Å². The lowest BCUT2D eigenvalue weighted by Gasteiger charge is -2.26. The zero-order valence-electron chi connectivity index (χ0n) is 18.8. The van der Waals surface area contributed by atoms with Gasteiger partial charge in [0.05, 0.1) is 5.69 Å². The number of aromatic nitrogens is 1. The maximum atomic E-state index is 13.2. The van der Waals surface area contributed by atoms with Crippen LogP contribution in [0.15, 0.2) is 54.1 Å². The molecule has 2 aromatic carbocycles. The standard InChI is InChI=1S/C26H25N3O3/c1-15-7-6-8-21(11-15)29-25(31)23(24(30)27-26(29)32)14-20-13-18(4)28(19(20)5)22-10-9-16(2)17(3)12-22/h6-14H,1-5H3,(H,27,30,32)/b23-14+. The molecule has 3 aromatic rings. The topological polar surface area (TPSA) is 71.4 Å². The lowest BCUT2D eigenvalue weighted by Crippen LogP contribution is -2.54. The number of anilines is 1. The molecule has 0 radical (unpaired) electrons. The number of nitrogens with zero attached hydrogens (tertiary/aromatic N) is 2. The summed E-state index contributed by atoms with van der Waals surface area (Å²) in [7, 11) is 0. The van der Waals surface area contributed by atoms with Crippen molar-refractivity contribution >= 4 is 29.6 Å². The van der Waals surface area contributed by atoms with Crippen LogP contribution in [0.4, 0.5) is 10.5 Å². The van der Waals surface area contributed by atoms with E-state index in [1.165, 1.54) is 11.1 Å². The Morgan fingerprint density at radius 1 is 0.812 bits per heavy atom. The van der Waals surface area contributed by atoms with Crippen molar-refractivity contribution in [3.05, 3.63) is 87.7 Å². The molecule has 162 valence electrons. The number of rotatable bonds is 3. The molecule has 1 aliphatic heterocycles. The van der Waals surface area contributed by atoms with Crippen LogP contribution in [0.5, 0.6) is 0 Å². The molecule has 6 nitrogen and oxygen atoms in total. The maximum Gasteiger partial charge on any atom is 0.335 e. The van der Waals surface area contributed by atoms with Gasteiger partial charge in [-0.1, -0.05) is 18.2 Å². The molecule has 1 fully saturated rings. The highest BCUT2D eigenvalue weighted by Crippen LogP contribution is 2.27. The molecule has 32 heavy (non-hydrogen) atoms. The van der Waals surface area contributed by atoms with Crippen LogP contribution in [0.1, 0.15) is 33.6 Å². The minimum atomic E-state index is -0.747. The van der Waals surface area contributed by atoms with Crippen molar-refractivity contribution in [2.24, 2.45) is 0 Å². The van der Waals surface area contributed by atoms with Gasteiger partial charge in [-0.05, 0) is 93.3 Å². The second-order valence-corrected chi connectivity index (χ2v) is 8.23. The van der Waals surface area contributed by atoms with Gasteiger partial charge in [-0.15, -0.1) is 0 Å². The highest BCUT2D eigenvalue weighted by Gasteiger charge is 2.37. The summed E-state index contributed by atoms with van der Waals surface area (Å²) in [5, 5.41) is 2.29. The highest BCUT2D eigenvalue weighted by atomic mass is 16.2. The average Bonchev–Trinajstić information content (AvgIpc) is 3.00.